The summed E-state index contributed by atoms with van der Waals surface area (Å²) < 4.78 is 0. The van der Waals surface area contributed by atoms with Crippen molar-refractivity contribution in [2.75, 3.05) is 0 Å². The normalized spacial score (nSPS) is 11.6. The van der Waals surface area contributed by atoms with Gasteiger partial charge in [0.05, 0.1) is 22.4 Å². The zero-order valence-corrected chi connectivity index (χ0v) is 30.1. The molecule has 0 radical (unpaired) electrons. The maximum atomic E-state index is 5.52. The highest BCUT2D eigenvalue weighted by Gasteiger charge is 2.19. The molecule has 0 fully saturated rings. The van der Waals surface area contributed by atoms with E-state index in [4.69, 9.17) is 24.9 Å². The molecule has 0 aliphatic rings. The molecule has 0 saturated carbocycles. The van der Waals surface area contributed by atoms with Crippen molar-refractivity contribution >= 4 is 54.1 Å². The van der Waals surface area contributed by atoms with Crippen LogP contribution in [-0.4, -0.2) is 24.9 Å². The van der Waals surface area contributed by atoms with Crippen LogP contribution in [0.1, 0.15) is 0 Å². The van der Waals surface area contributed by atoms with Crippen molar-refractivity contribution in [2.45, 2.75) is 0 Å². The smallest absolute Gasteiger partial charge is 0.164 e. The van der Waals surface area contributed by atoms with E-state index in [1.54, 1.807) is 0 Å². The largest absolute Gasteiger partial charge is 0.247 e. The van der Waals surface area contributed by atoms with Crippen molar-refractivity contribution in [1.29, 1.82) is 0 Å². The fourth-order valence-corrected chi connectivity index (χ4v) is 7.98. The number of hydrogen-bond donors (Lipinski definition) is 0. The molecule has 56 heavy (non-hydrogen) atoms. The Labute approximate surface area is 322 Å². The van der Waals surface area contributed by atoms with E-state index in [9.17, 15) is 0 Å². The molecule has 3 aromatic heterocycles. The van der Waals surface area contributed by atoms with Gasteiger partial charge in [0, 0.05) is 44.0 Å². The predicted molar refractivity (Wildman–Crippen MR) is 230 cm³/mol. The first-order valence-corrected chi connectivity index (χ1v) is 18.8. The molecule has 8 aromatic carbocycles. The molecule has 0 saturated heterocycles. The van der Waals surface area contributed by atoms with Crippen molar-refractivity contribution in [2.24, 2.45) is 0 Å². The Kier molecular flexibility index (Phi) is 7.42. The molecule has 0 aliphatic carbocycles. The average Bonchev–Trinajstić information content (AvgIpc) is 3.28. The van der Waals surface area contributed by atoms with Gasteiger partial charge >= 0.3 is 0 Å². The van der Waals surface area contributed by atoms with E-state index >= 15 is 0 Å². The molecule has 11 rings (SSSR count). The first-order valence-electron chi connectivity index (χ1n) is 18.8. The average molecular weight is 714 g/mol. The molecule has 0 N–H and O–H groups in total. The van der Waals surface area contributed by atoms with E-state index in [2.05, 4.69) is 121 Å². The van der Waals surface area contributed by atoms with Crippen LogP contribution in [0.2, 0.25) is 0 Å². The number of pyridine rings is 2. The summed E-state index contributed by atoms with van der Waals surface area (Å²) in [4.78, 5) is 25.9. The quantitative estimate of drug-likeness (QED) is 0.166. The molecule has 0 spiro atoms. The van der Waals surface area contributed by atoms with Gasteiger partial charge in [-0.2, -0.15) is 0 Å². The van der Waals surface area contributed by atoms with Crippen LogP contribution in [0.25, 0.3) is 111 Å². The summed E-state index contributed by atoms with van der Waals surface area (Å²) in [6.45, 7) is 0. The molecule has 11 aromatic rings. The predicted octanol–water partition coefficient (Wildman–Crippen LogP) is 12.8. The van der Waals surface area contributed by atoms with Gasteiger partial charge in [-0.05, 0) is 57.3 Å². The Balaban J connectivity index is 1.17. The number of benzene rings is 8. The second kappa shape index (κ2) is 13.0. The van der Waals surface area contributed by atoms with Crippen LogP contribution in [0.3, 0.4) is 0 Å². The van der Waals surface area contributed by atoms with Crippen molar-refractivity contribution in [3.8, 4) is 56.7 Å². The van der Waals surface area contributed by atoms with Crippen LogP contribution in [-0.2, 0) is 0 Å². The van der Waals surface area contributed by atoms with Gasteiger partial charge in [0.15, 0.2) is 17.5 Å². The van der Waals surface area contributed by atoms with Gasteiger partial charge < -0.3 is 0 Å². The second-order valence-electron chi connectivity index (χ2n) is 14.0. The fourth-order valence-electron chi connectivity index (χ4n) is 7.98. The van der Waals surface area contributed by atoms with Crippen LogP contribution >= 0.6 is 0 Å². The maximum Gasteiger partial charge on any atom is 0.164 e. The molecule has 5 nitrogen and oxygen atoms in total. The highest BCUT2D eigenvalue weighted by Crippen LogP contribution is 2.40. The summed E-state index contributed by atoms with van der Waals surface area (Å²) in [5.74, 6) is 1.85. The molecule has 0 unspecified atom stereocenters. The lowest BCUT2D eigenvalue weighted by atomic mass is 9.94. The van der Waals surface area contributed by atoms with Crippen LogP contribution in [0.5, 0.6) is 0 Å². The van der Waals surface area contributed by atoms with Crippen LogP contribution in [0, 0.1) is 0 Å². The molecule has 5 heteroatoms. The Morgan fingerprint density at radius 1 is 0.304 bits per heavy atom. The summed E-state index contributed by atoms with van der Waals surface area (Å²) in [6, 6.07) is 65.1. The molecular formula is C51H31N5. The number of nitrogens with zero attached hydrogens (tertiary/aromatic N) is 5. The SMILES string of the molecule is c1ccc(-c2nc(-c3ccccc3)nc(-c3ccc4nc(-c5ccccc5)c5c(ccc6ccc(-c7cc8ccccc8c8ccccc78)nc65)c4c3)n2)cc1. The maximum absolute atomic E-state index is 5.52. The topological polar surface area (TPSA) is 64.5 Å². The molecule has 0 bridgehead atoms. The molecule has 0 atom stereocenters. The Bertz CT molecular complexity index is 3230. The number of fused-ring (bicyclic) bond motifs is 8. The van der Waals surface area contributed by atoms with Crippen LogP contribution in [0.4, 0.5) is 0 Å². The van der Waals surface area contributed by atoms with Crippen molar-refractivity contribution in [1.82, 2.24) is 24.9 Å². The summed E-state index contributed by atoms with van der Waals surface area (Å²) in [7, 11) is 0. The molecule has 260 valence electrons. The highest BCUT2D eigenvalue weighted by molar-refractivity contribution is 6.21. The lowest BCUT2D eigenvalue weighted by Gasteiger charge is -2.15. The minimum absolute atomic E-state index is 0.601. The monoisotopic (exact) mass is 713 g/mol. The van der Waals surface area contributed by atoms with Crippen molar-refractivity contribution in [3.63, 3.8) is 0 Å². The molecule has 3 heterocycles. The van der Waals surface area contributed by atoms with E-state index in [1.807, 2.05) is 66.7 Å². The third kappa shape index (κ3) is 5.37. The molecule has 0 amide bonds. The second-order valence-corrected chi connectivity index (χ2v) is 14.0. The van der Waals surface area contributed by atoms with Crippen LogP contribution in [0.15, 0.2) is 188 Å². The first-order chi connectivity index (χ1) is 27.7. The zero-order valence-electron chi connectivity index (χ0n) is 30.1. The Morgan fingerprint density at radius 3 is 1.57 bits per heavy atom. The van der Waals surface area contributed by atoms with Crippen molar-refractivity contribution in [3.05, 3.63) is 188 Å². The lowest BCUT2D eigenvalue weighted by Crippen LogP contribution is -2.00. The van der Waals surface area contributed by atoms with Gasteiger partial charge in [-0.3, -0.25) is 0 Å². The minimum atomic E-state index is 0.601. The van der Waals surface area contributed by atoms with E-state index in [0.717, 1.165) is 71.8 Å². The minimum Gasteiger partial charge on any atom is -0.247 e. The first kappa shape index (κ1) is 31.9. The number of aromatic nitrogens is 5. The van der Waals surface area contributed by atoms with E-state index in [0.29, 0.717) is 17.5 Å². The number of hydrogen-bond acceptors (Lipinski definition) is 5. The van der Waals surface area contributed by atoms with E-state index < -0.39 is 0 Å². The molecular weight excluding hydrogens is 683 g/mol. The Hall–Kier alpha value is -7.63. The third-order valence-corrected chi connectivity index (χ3v) is 10.7. The van der Waals surface area contributed by atoms with E-state index in [-0.39, 0.29) is 0 Å². The van der Waals surface area contributed by atoms with Gasteiger partial charge in [-0.15, -0.1) is 0 Å². The standard InChI is InChI=1S/C51H31N5/c1-4-14-32(15-5-1)47-46-41(27-24-33-25-28-44(52-48(33)46)42-30-36-20-10-11-21-38(36)39-22-12-13-23-40(39)42)43-31-37(26-29-45(43)53-47)51-55-49(34-16-6-2-7-17-34)54-50(56-51)35-18-8-3-9-19-35/h1-31H. The number of rotatable bonds is 5. The van der Waals surface area contributed by atoms with E-state index in [1.165, 1.54) is 21.5 Å². The van der Waals surface area contributed by atoms with Gasteiger partial charge in [0.25, 0.3) is 0 Å². The third-order valence-electron chi connectivity index (χ3n) is 10.7. The van der Waals surface area contributed by atoms with Gasteiger partial charge in [-0.25, -0.2) is 24.9 Å². The van der Waals surface area contributed by atoms with Crippen LogP contribution < -0.4 is 0 Å². The summed E-state index contributed by atoms with van der Waals surface area (Å²) >= 11 is 0. The van der Waals surface area contributed by atoms with Gasteiger partial charge in [-0.1, -0.05) is 158 Å². The highest BCUT2D eigenvalue weighted by atomic mass is 15.0. The van der Waals surface area contributed by atoms with Gasteiger partial charge in [0.1, 0.15) is 0 Å². The lowest BCUT2D eigenvalue weighted by molar-refractivity contribution is 1.07. The Morgan fingerprint density at radius 2 is 0.875 bits per heavy atom. The molecule has 0 aliphatic heterocycles. The summed E-state index contributed by atoms with van der Waals surface area (Å²) in [5, 5.41) is 8.96. The van der Waals surface area contributed by atoms with Gasteiger partial charge in [0.2, 0.25) is 0 Å². The summed E-state index contributed by atoms with van der Waals surface area (Å²) in [5.41, 5.74) is 8.51. The van der Waals surface area contributed by atoms with Crippen molar-refractivity contribution < 1.29 is 0 Å². The zero-order chi connectivity index (χ0) is 37.0. The summed E-state index contributed by atoms with van der Waals surface area (Å²) in [6.07, 6.45) is 0. The fraction of sp³-hybridized carbons (Fsp3) is 0.